The Morgan fingerprint density at radius 1 is 1.24 bits per heavy atom. The molecular formula is C16H14ClFN2O4S. The standard InChI is InChI=1S/C16H14ClFN2O4S/c17-12-7-11(1-2-13(12)18)20-14(21)8-24-15(22)3-5-19-16(23)10-4-6-25-9-10/h1-2,4,6-7,9H,3,5,8H2,(H,19,23)(H,20,21). The fraction of sp³-hybridized carbons (Fsp3) is 0.188. The molecule has 2 N–H and O–H groups in total. The number of benzene rings is 1. The minimum Gasteiger partial charge on any atom is -0.456 e. The minimum absolute atomic E-state index is 0.0640. The van der Waals surface area contributed by atoms with Crippen LogP contribution in [0.5, 0.6) is 0 Å². The number of halogens is 2. The maximum atomic E-state index is 13.0. The van der Waals surface area contributed by atoms with Gasteiger partial charge >= 0.3 is 5.97 Å². The van der Waals surface area contributed by atoms with E-state index in [1.807, 2.05) is 0 Å². The largest absolute Gasteiger partial charge is 0.456 e. The normalized spacial score (nSPS) is 10.2. The molecule has 2 amide bonds. The van der Waals surface area contributed by atoms with E-state index in [9.17, 15) is 18.8 Å². The van der Waals surface area contributed by atoms with Gasteiger partial charge in [0.25, 0.3) is 11.8 Å². The zero-order valence-electron chi connectivity index (χ0n) is 12.9. The Bertz CT molecular complexity index is 768. The Morgan fingerprint density at radius 3 is 2.72 bits per heavy atom. The fourth-order valence-electron chi connectivity index (χ4n) is 1.76. The van der Waals surface area contributed by atoms with Crippen LogP contribution in [0, 0.1) is 5.82 Å². The Balaban J connectivity index is 1.66. The van der Waals surface area contributed by atoms with Crippen molar-refractivity contribution in [2.75, 3.05) is 18.5 Å². The molecule has 0 saturated heterocycles. The summed E-state index contributed by atoms with van der Waals surface area (Å²) in [5, 5.41) is 8.33. The Hall–Kier alpha value is -2.45. The number of amides is 2. The third-order valence-electron chi connectivity index (χ3n) is 2.97. The first-order valence-electron chi connectivity index (χ1n) is 7.16. The van der Waals surface area contributed by atoms with Crippen molar-refractivity contribution in [3.63, 3.8) is 0 Å². The van der Waals surface area contributed by atoms with Gasteiger partial charge in [0, 0.05) is 23.2 Å². The third kappa shape index (κ3) is 6.17. The summed E-state index contributed by atoms with van der Waals surface area (Å²) in [4.78, 5) is 34.9. The van der Waals surface area contributed by atoms with E-state index in [1.54, 1.807) is 16.8 Å². The number of thiophene rings is 1. The first kappa shape index (κ1) is 18.9. The van der Waals surface area contributed by atoms with Crippen molar-refractivity contribution in [1.29, 1.82) is 0 Å². The molecule has 0 unspecified atom stereocenters. The average molecular weight is 385 g/mol. The first-order chi connectivity index (χ1) is 12.0. The SMILES string of the molecule is O=C(COC(=O)CCNC(=O)c1ccsc1)Nc1ccc(F)c(Cl)c1. The van der Waals surface area contributed by atoms with Crippen LogP contribution in [0.25, 0.3) is 0 Å². The number of carbonyl (C=O) groups excluding carboxylic acids is 3. The second kappa shape index (κ2) is 9.14. The van der Waals surface area contributed by atoms with Gasteiger partial charge in [-0.1, -0.05) is 11.6 Å². The third-order valence-corrected chi connectivity index (χ3v) is 3.94. The van der Waals surface area contributed by atoms with Gasteiger partial charge in [0.05, 0.1) is 11.4 Å². The summed E-state index contributed by atoms with van der Waals surface area (Å²) in [7, 11) is 0. The van der Waals surface area contributed by atoms with Crippen molar-refractivity contribution in [3.8, 4) is 0 Å². The summed E-state index contributed by atoms with van der Waals surface area (Å²) >= 11 is 6.99. The van der Waals surface area contributed by atoms with Gasteiger partial charge in [0.1, 0.15) is 5.82 Å². The lowest BCUT2D eigenvalue weighted by Gasteiger charge is -2.07. The van der Waals surface area contributed by atoms with Gasteiger partial charge in [-0.15, -0.1) is 0 Å². The summed E-state index contributed by atoms with van der Waals surface area (Å²) in [5.41, 5.74) is 0.811. The summed E-state index contributed by atoms with van der Waals surface area (Å²) in [6.45, 7) is -0.394. The zero-order chi connectivity index (χ0) is 18.2. The molecule has 6 nitrogen and oxygen atoms in total. The average Bonchev–Trinajstić information content (AvgIpc) is 3.11. The van der Waals surface area contributed by atoms with Crippen LogP contribution < -0.4 is 10.6 Å². The molecule has 0 saturated carbocycles. The highest BCUT2D eigenvalue weighted by Gasteiger charge is 2.10. The molecule has 0 aliphatic heterocycles. The van der Waals surface area contributed by atoms with Crippen molar-refractivity contribution in [2.45, 2.75) is 6.42 Å². The maximum absolute atomic E-state index is 13.0. The Labute approximate surface area is 151 Å². The quantitative estimate of drug-likeness (QED) is 0.719. The number of esters is 1. The molecule has 9 heteroatoms. The molecule has 0 aliphatic carbocycles. The van der Waals surface area contributed by atoms with E-state index >= 15 is 0 Å². The lowest BCUT2D eigenvalue weighted by molar-refractivity contribution is -0.147. The Kier molecular flexibility index (Phi) is 6.91. The molecule has 0 bridgehead atoms. The molecule has 0 aliphatic rings. The van der Waals surface area contributed by atoms with Crippen molar-refractivity contribution < 1.29 is 23.5 Å². The number of ether oxygens (including phenoxy) is 1. The molecule has 1 aromatic heterocycles. The zero-order valence-corrected chi connectivity index (χ0v) is 14.5. The lowest BCUT2D eigenvalue weighted by Crippen LogP contribution is -2.27. The fourth-order valence-corrected chi connectivity index (χ4v) is 2.58. The molecule has 25 heavy (non-hydrogen) atoms. The van der Waals surface area contributed by atoms with Crippen LogP contribution in [0.4, 0.5) is 10.1 Å². The van der Waals surface area contributed by atoms with Crippen LogP contribution in [0.3, 0.4) is 0 Å². The van der Waals surface area contributed by atoms with Gasteiger partial charge in [-0.05, 0) is 29.6 Å². The van der Waals surface area contributed by atoms with E-state index in [2.05, 4.69) is 10.6 Å². The minimum atomic E-state index is -0.627. The second-order valence-corrected chi connectivity index (χ2v) is 6.04. The molecule has 132 valence electrons. The van der Waals surface area contributed by atoms with Crippen LogP contribution in [-0.4, -0.2) is 30.9 Å². The van der Waals surface area contributed by atoms with Crippen LogP contribution >= 0.6 is 22.9 Å². The van der Waals surface area contributed by atoms with Crippen LogP contribution in [0.2, 0.25) is 5.02 Å². The van der Waals surface area contributed by atoms with Crippen molar-refractivity contribution >= 4 is 46.4 Å². The maximum Gasteiger partial charge on any atom is 0.308 e. The number of anilines is 1. The predicted molar refractivity (Wildman–Crippen MR) is 92.3 cm³/mol. The summed E-state index contributed by atoms with van der Waals surface area (Å²) < 4.78 is 17.8. The van der Waals surface area contributed by atoms with Crippen molar-refractivity contribution in [3.05, 3.63) is 51.4 Å². The number of carbonyl (C=O) groups is 3. The van der Waals surface area contributed by atoms with Gasteiger partial charge in [0.2, 0.25) is 0 Å². The summed E-state index contributed by atoms with van der Waals surface area (Å²) in [6, 6.07) is 5.36. The van der Waals surface area contributed by atoms with Crippen molar-refractivity contribution in [1.82, 2.24) is 5.32 Å². The topological polar surface area (TPSA) is 84.5 Å². The molecule has 0 radical (unpaired) electrons. The van der Waals surface area contributed by atoms with E-state index in [0.29, 0.717) is 5.56 Å². The molecule has 0 spiro atoms. The van der Waals surface area contributed by atoms with Crippen molar-refractivity contribution in [2.24, 2.45) is 0 Å². The monoisotopic (exact) mass is 384 g/mol. The first-order valence-corrected chi connectivity index (χ1v) is 8.48. The van der Waals surface area contributed by atoms with E-state index in [4.69, 9.17) is 16.3 Å². The summed E-state index contributed by atoms with van der Waals surface area (Å²) in [6.07, 6.45) is -0.0640. The van der Waals surface area contributed by atoms with Crippen LogP contribution in [0.1, 0.15) is 16.8 Å². The van der Waals surface area contributed by atoms with E-state index < -0.39 is 24.3 Å². The molecule has 2 aromatic rings. The lowest BCUT2D eigenvalue weighted by atomic mass is 10.3. The second-order valence-electron chi connectivity index (χ2n) is 4.86. The van der Waals surface area contributed by atoms with Gasteiger partial charge in [0.15, 0.2) is 6.61 Å². The highest BCUT2D eigenvalue weighted by atomic mass is 35.5. The molecule has 2 rings (SSSR count). The molecular weight excluding hydrogens is 371 g/mol. The van der Waals surface area contributed by atoms with Gasteiger partial charge in [-0.2, -0.15) is 11.3 Å². The Morgan fingerprint density at radius 2 is 2.04 bits per heavy atom. The molecule has 1 aromatic carbocycles. The van der Waals surface area contributed by atoms with Gasteiger partial charge in [-0.25, -0.2) is 4.39 Å². The predicted octanol–water partition coefficient (Wildman–Crippen LogP) is 2.84. The highest BCUT2D eigenvalue weighted by Crippen LogP contribution is 2.19. The number of hydrogen-bond acceptors (Lipinski definition) is 5. The van der Waals surface area contributed by atoms with Crippen LogP contribution in [0.15, 0.2) is 35.0 Å². The number of nitrogens with one attached hydrogen (secondary N) is 2. The van der Waals surface area contributed by atoms with Gasteiger partial charge < -0.3 is 15.4 Å². The van der Waals surface area contributed by atoms with E-state index in [1.165, 1.54) is 23.5 Å². The smallest absolute Gasteiger partial charge is 0.308 e. The molecule has 0 fully saturated rings. The van der Waals surface area contributed by atoms with E-state index in [0.717, 1.165) is 6.07 Å². The molecule has 0 atom stereocenters. The van der Waals surface area contributed by atoms with Crippen LogP contribution in [-0.2, 0) is 14.3 Å². The van der Waals surface area contributed by atoms with E-state index in [-0.39, 0.29) is 29.6 Å². The molecule has 1 heterocycles. The van der Waals surface area contributed by atoms with Gasteiger partial charge in [-0.3, -0.25) is 14.4 Å². The number of rotatable bonds is 7. The number of hydrogen-bond donors (Lipinski definition) is 2. The summed E-state index contributed by atoms with van der Waals surface area (Å²) in [5.74, 6) is -2.09. The highest BCUT2D eigenvalue weighted by molar-refractivity contribution is 7.08.